The predicted molar refractivity (Wildman–Crippen MR) is 104 cm³/mol. The van der Waals surface area contributed by atoms with Gasteiger partial charge in [-0.15, -0.1) is 11.3 Å². The minimum Gasteiger partial charge on any atom is -0.507 e. The number of fused-ring (bicyclic) bond motifs is 3. The molecule has 1 aliphatic heterocycles. The van der Waals surface area contributed by atoms with Crippen LogP contribution in [-0.2, 0) is 0 Å². The van der Waals surface area contributed by atoms with E-state index in [1.54, 1.807) is 12.1 Å². The van der Waals surface area contributed by atoms with E-state index in [-0.39, 0.29) is 17.4 Å². The minimum absolute atomic E-state index is 0.0829. The van der Waals surface area contributed by atoms with Crippen molar-refractivity contribution in [3.05, 3.63) is 45.6 Å². The summed E-state index contributed by atoms with van der Waals surface area (Å²) < 4.78 is 0.690. The number of hydrogen-bond donors (Lipinski definition) is 3. The number of thiophene rings is 1. The van der Waals surface area contributed by atoms with E-state index in [2.05, 4.69) is 16.0 Å². The number of H-pyrrole nitrogens is 1. The average Bonchev–Trinajstić information content (AvgIpc) is 3.08. The molecule has 1 saturated heterocycles. The SMILES string of the molecule is NC1CCCN(C/C=C/c2c(O)ccc3[nH]c(=O)c4sccc4c23)C1. The summed E-state index contributed by atoms with van der Waals surface area (Å²) in [6, 6.07) is 5.58. The second-order valence-corrected chi connectivity index (χ2v) is 7.52. The van der Waals surface area contributed by atoms with E-state index in [4.69, 9.17) is 5.73 Å². The van der Waals surface area contributed by atoms with Crippen LogP contribution >= 0.6 is 11.3 Å². The van der Waals surface area contributed by atoms with Gasteiger partial charge in [0.2, 0.25) is 0 Å². The Kier molecular flexibility index (Phi) is 4.33. The number of phenols is 1. The highest BCUT2D eigenvalue weighted by Crippen LogP contribution is 2.33. The maximum atomic E-state index is 12.2. The standard InChI is InChI=1S/C19H21N3O2S/c20-12-3-1-8-22(11-12)9-2-4-13-16(23)6-5-15-17(13)14-7-10-25-18(14)19(24)21-15/h2,4-7,10,12,23H,1,3,8-9,11,20H2,(H,21,24)/b4-2+. The maximum Gasteiger partial charge on any atom is 0.266 e. The zero-order valence-electron chi connectivity index (χ0n) is 13.9. The molecule has 0 aliphatic carbocycles. The third kappa shape index (κ3) is 3.08. The van der Waals surface area contributed by atoms with E-state index in [1.807, 2.05) is 17.5 Å². The van der Waals surface area contributed by atoms with Crippen molar-refractivity contribution in [2.24, 2.45) is 5.73 Å². The highest BCUT2D eigenvalue weighted by atomic mass is 32.1. The number of nitrogens with two attached hydrogens (primary N) is 1. The Labute approximate surface area is 149 Å². The average molecular weight is 355 g/mol. The number of hydrogen-bond acceptors (Lipinski definition) is 5. The maximum absolute atomic E-state index is 12.2. The summed E-state index contributed by atoms with van der Waals surface area (Å²) in [5, 5.41) is 14.1. The van der Waals surface area contributed by atoms with Gasteiger partial charge in [0.15, 0.2) is 0 Å². The molecule has 2 aromatic heterocycles. The first-order chi connectivity index (χ1) is 12.1. The number of nitrogens with zero attached hydrogens (tertiary/aromatic N) is 1. The minimum atomic E-state index is -0.0829. The fourth-order valence-electron chi connectivity index (χ4n) is 3.61. The van der Waals surface area contributed by atoms with Crippen LogP contribution in [0, 0.1) is 0 Å². The molecule has 3 aromatic rings. The molecule has 4 rings (SSSR count). The number of aromatic amines is 1. The van der Waals surface area contributed by atoms with Crippen molar-refractivity contribution in [2.75, 3.05) is 19.6 Å². The number of pyridine rings is 1. The second-order valence-electron chi connectivity index (χ2n) is 6.60. The van der Waals surface area contributed by atoms with Crippen molar-refractivity contribution in [1.29, 1.82) is 0 Å². The number of aromatic nitrogens is 1. The van der Waals surface area contributed by atoms with Crippen molar-refractivity contribution in [3.8, 4) is 5.75 Å². The van der Waals surface area contributed by atoms with Gasteiger partial charge < -0.3 is 15.8 Å². The molecule has 0 spiro atoms. The van der Waals surface area contributed by atoms with E-state index in [0.717, 1.165) is 54.3 Å². The molecule has 1 atom stereocenters. The first kappa shape index (κ1) is 16.3. The molecule has 0 bridgehead atoms. The van der Waals surface area contributed by atoms with Crippen LogP contribution in [0.3, 0.4) is 0 Å². The number of piperidine rings is 1. The van der Waals surface area contributed by atoms with Crippen LogP contribution in [0.2, 0.25) is 0 Å². The van der Waals surface area contributed by atoms with Gasteiger partial charge >= 0.3 is 0 Å². The fraction of sp³-hybridized carbons (Fsp3) is 0.316. The normalized spacial score (nSPS) is 19.3. The zero-order valence-corrected chi connectivity index (χ0v) is 14.7. The van der Waals surface area contributed by atoms with Gasteiger partial charge in [-0.05, 0) is 43.0 Å². The largest absolute Gasteiger partial charge is 0.507 e. The smallest absolute Gasteiger partial charge is 0.266 e. The summed E-state index contributed by atoms with van der Waals surface area (Å²) in [6.07, 6.45) is 6.24. The monoisotopic (exact) mass is 355 g/mol. The number of rotatable bonds is 3. The molecule has 0 radical (unpaired) electrons. The Morgan fingerprint density at radius 2 is 2.28 bits per heavy atom. The van der Waals surface area contributed by atoms with Crippen LogP contribution in [0.5, 0.6) is 5.75 Å². The van der Waals surface area contributed by atoms with Crippen molar-refractivity contribution < 1.29 is 5.11 Å². The first-order valence-electron chi connectivity index (χ1n) is 8.53. The Hall–Kier alpha value is -2.15. The number of aromatic hydroxyl groups is 1. The van der Waals surface area contributed by atoms with Crippen molar-refractivity contribution in [2.45, 2.75) is 18.9 Å². The fourth-order valence-corrected chi connectivity index (χ4v) is 4.40. The molecular weight excluding hydrogens is 334 g/mol. The number of benzene rings is 1. The molecule has 5 nitrogen and oxygen atoms in total. The van der Waals surface area contributed by atoms with Gasteiger partial charge in [0.1, 0.15) is 10.4 Å². The van der Waals surface area contributed by atoms with Crippen LogP contribution in [-0.4, -0.2) is 40.7 Å². The van der Waals surface area contributed by atoms with E-state index >= 15 is 0 Å². The summed E-state index contributed by atoms with van der Waals surface area (Å²) in [4.78, 5) is 17.4. The number of nitrogens with one attached hydrogen (secondary N) is 1. The quantitative estimate of drug-likeness (QED) is 0.675. The van der Waals surface area contributed by atoms with Crippen molar-refractivity contribution in [3.63, 3.8) is 0 Å². The number of likely N-dealkylation sites (tertiary alicyclic amines) is 1. The van der Waals surface area contributed by atoms with E-state index in [0.29, 0.717) is 4.70 Å². The summed E-state index contributed by atoms with van der Waals surface area (Å²) in [7, 11) is 0. The molecule has 130 valence electrons. The lowest BCUT2D eigenvalue weighted by Gasteiger charge is -2.29. The molecule has 0 saturated carbocycles. The van der Waals surface area contributed by atoms with Crippen LogP contribution in [0.1, 0.15) is 18.4 Å². The number of phenolic OH excluding ortho intramolecular Hbond substituents is 1. The van der Waals surface area contributed by atoms with E-state index in [9.17, 15) is 9.90 Å². The third-order valence-corrected chi connectivity index (χ3v) is 5.71. The molecule has 1 aliphatic rings. The predicted octanol–water partition coefficient (Wildman–Crippen LogP) is 2.88. The molecule has 1 aromatic carbocycles. The molecule has 1 fully saturated rings. The van der Waals surface area contributed by atoms with Crippen LogP contribution in [0.4, 0.5) is 0 Å². The Morgan fingerprint density at radius 3 is 3.12 bits per heavy atom. The second kappa shape index (κ2) is 6.63. The lowest BCUT2D eigenvalue weighted by molar-refractivity contribution is 0.229. The van der Waals surface area contributed by atoms with E-state index < -0.39 is 0 Å². The summed E-state index contributed by atoms with van der Waals surface area (Å²) in [5.74, 6) is 0.221. The van der Waals surface area contributed by atoms with Gasteiger partial charge in [0.05, 0.1) is 0 Å². The lowest BCUT2D eigenvalue weighted by Crippen LogP contribution is -2.42. The third-order valence-electron chi connectivity index (χ3n) is 4.80. The topological polar surface area (TPSA) is 82.3 Å². The van der Waals surface area contributed by atoms with Gasteiger partial charge in [-0.3, -0.25) is 9.69 Å². The summed E-state index contributed by atoms with van der Waals surface area (Å²) in [6.45, 7) is 2.77. The van der Waals surface area contributed by atoms with Gasteiger partial charge in [0, 0.05) is 41.0 Å². The molecule has 1 unspecified atom stereocenters. The van der Waals surface area contributed by atoms with Crippen LogP contribution in [0.25, 0.3) is 27.1 Å². The molecule has 3 heterocycles. The summed E-state index contributed by atoms with van der Waals surface area (Å²) in [5.41, 5.74) is 7.44. The van der Waals surface area contributed by atoms with Crippen LogP contribution in [0.15, 0.2) is 34.4 Å². The molecule has 0 amide bonds. The zero-order chi connectivity index (χ0) is 17.4. The Balaban J connectivity index is 1.73. The van der Waals surface area contributed by atoms with E-state index in [1.165, 1.54) is 11.3 Å². The summed E-state index contributed by atoms with van der Waals surface area (Å²) >= 11 is 1.42. The van der Waals surface area contributed by atoms with Gasteiger partial charge in [-0.25, -0.2) is 0 Å². The molecule has 6 heteroatoms. The molecule has 4 N–H and O–H groups in total. The Morgan fingerprint density at radius 1 is 1.40 bits per heavy atom. The van der Waals surface area contributed by atoms with Crippen molar-refractivity contribution >= 4 is 38.4 Å². The van der Waals surface area contributed by atoms with Gasteiger partial charge in [0.25, 0.3) is 5.56 Å². The highest BCUT2D eigenvalue weighted by molar-refractivity contribution is 7.17. The Bertz CT molecular complexity index is 1000. The first-order valence-corrected chi connectivity index (χ1v) is 9.41. The lowest BCUT2D eigenvalue weighted by atomic mass is 10.0. The van der Waals surface area contributed by atoms with Crippen molar-refractivity contribution in [1.82, 2.24) is 9.88 Å². The highest BCUT2D eigenvalue weighted by Gasteiger charge is 2.15. The van der Waals surface area contributed by atoms with Crippen LogP contribution < -0.4 is 11.3 Å². The van der Waals surface area contributed by atoms with Gasteiger partial charge in [-0.1, -0.05) is 12.2 Å². The molecule has 25 heavy (non-hydrogen) atoms. The van der Waals surface area contributed by atoms with Gasteiger partial charge in [-0.2, -0.15) is 0 Å². The molecular formula is C19H21N3O2S.